The van der Waals surface area contributed by atoms with Gasteiger partial charge in [-0.3, -0.25) is 0 Å². The van der Waals surface area contributed by atoms with E-state index < -0.39 is 11.6 Å². The van der Waals surface area contributed by atoms with Crippen LogP contribution in [0, 0.1) is 18.6 Å². The maximum atomic E-state index is 13.0. The van der Waals surface area contributed by atoms with Gasteiger partial charge in [-0.1, -0.05) is 6.92 Å². The number of aliphatic hydroxyl groups excluding tert-OH is 1. The predicted octanol–water partition coefficient (Wildman–Crippen LogP) is 2.37. The van der Waals surface area contributed by atoms with Crippen LogP contribution in [-0.4, -0.2) is 11.7 Å². The average Bonchev–Trinajstić information content (AvgIpc) is 2.10. The lowest BCUT2D eigenvalue weighted by molar-refractivity contribution is 0.272. The Morgan fingerprint density at radius 1 is 1.38 bits per heavy atom. The monoisotopic (exact) mass is 186 g/mol. The SMILES string of the molecule is Cc1c(F)cc(F)cc1C(C)CO. The fraction of sp³-hybridized carbons (Fsp3) is 0.400. The Morgan fingerprint density at radius 3 is 2.54 bits per heavy atom. The van der Waals surface area contributed by atoms with Crippen LogP contribution < -0.4 is 0 Å². The lowest BCUT2D eigenvalue weighted by Crippen LogP contribution is -2.03. The Bertz CT molecular complexity index is 310. The Hall–Kier alpha value is -0.960. The van der Waals surface area contributed by atoms with Gasteiger partial charge in [0, 0.05) is 18.6 Å². The summed E-state index contributed by atoms with van der Waals surface area (Å²) in [4.78, 5) is 0. The molecule has 1 N–H and O–H groups in total. The molecule has 1 aromatic carbocycles. The zero-order chi connectivity index (χ0) is 10.0. The summed E-state index contributed by atoms with van der Waals surface area (Å²) in [6, 6.07) is 2.11. The van der Waals surface area contributed by atoms with Crippen molar-refractivity contribution in [3.8, 4) is 0 Å². The molecule has 0 saturated heterocycles. The number of halogens is 2. The third-order valence-corrected chi connectivity index (χ3v) is 2.15. The number of rotatable bonds is 2. The van der Waals surface area contributed by atoms with E-state index in [1.807, 2.05) is 0 Å². The summed E-state index contributed by atoms with van der Waals surface area (Å²) in [6.07, 6.45) is 0. The highest BCUT2D eigenvalue weighted by Crippen LogP contribution is 2.22. The molecule has 1 unspecified atom stereocenters. The molecule has 0 heterocycles. The van der Waals surface area contributed by atoms with Crippen LogP contribution in [0.4, 0.5) is 8.78 Å². The second-order valence-electron chi connectivity index (χ2n) is 3.19. The first-order chi connectivity index (χ1) is 6.06. The molecule has 0 aromatic heterocycles. The van der Waals surface area contributed by atoms with Gasteiger partial charge >= 0.3 is 0 Å². The molecule has 0 amide bonds. The molecule has 0 aliphatic carbocycles. The van der Waals surface area contributed by atoms with E-state index in [0.717, 1.165) is 6.07 Å². The van der Waals surface area contributed by atoms with Crippen LogP contribution in [0.25, 0.3) is 0 Å². The molecule has 1 nitrogen and oxygen atoms in total. The van der Waals surface area contributed by atoms with Gasteiger partial charge in [0.15, 0.2) is 0 Å². The summed E-state index contributed by atoms with van der Waals surface area (Å²) in [5.41, 5.74) is 0.933. The lowest BCUT2D eigenvalue weighted by Gasteiger charge is -2.12. The number of benzene rings is 1. The smallest absolute Gasteiger partial charge is 0.129 e. The first-order valence-corrected chi connectivity index (χ1v) is 4.12. The molecule has 0 saturated carbocycles. The van der Waals surface area contributed by atoms with Crippen LogP contribution in [0.5, 0.6) is 0 Å². The standard InChI is InChI=1S/C10H12F2O/c1-6(5-13)9-3-8(11)4-10(12)7(9)2/h3-4,6,13H,5H2,1-2H3. The minimum atomic E-state index is -0.599. The van der Waals surface area contributed by atoms with Crippen LogP contribution in [-0.2, 0) is 0 Å². The highest BCUT2D eigenvalue weighted by molar-refractivity contribution is 5.30. The molecule has 0 radical (unpaired) electrons. The number of hydrogen-bond donors (Lipinski definition) is 1. The zero-order valence-corrected chi connectivity index (χ0v) is 7.64. The van der Waals surface area contributed by atoms with E-state index in [-0.39, 0.29) is 12.5 Å². The Morgan fingerprint density at radius 2 is 2.00 bits per heavy atom. The average molecular weight is 186 g/mol. The van der Waals surface area contributed by atoms with Crippen molar-refractivity contribution in [2.24, 2.45) is 0 Å². The Labute approximate surface area is 76.0 Å². The minimum absolute atomic E-state index is 0.107. The summed E-state index contributed by atoms with van der Waals surface area (Å²) in [5, 5.41) is 8.85. The summed E-state index contributed by atoms with van der Waals surface area (Å²) in [7, 11) is 0. The molecule has 72 valence electrons. The molecule has 3 heteroatoms. The van der Waals surface area contributed by atoms with Gasteiger partial charge in [-0.25, -0.2) is 8.78 Å². The zero-order valence-electron chi connectivity index (χ0n) is 7.64. The van der Waals surface area contributed by atoms with Crippen molar-refractivity contribution >= 4 is 0 Å². The molecule has 0 bridgehead atoms. The van der Waals surface area contributed by atoms with Crippen LogP contribution in [0.3, 0.4) is 0 Å². The van der Waals surface area contributed by atoms with E-state index in [2.05, 4.69) is 0 Å². The van der Waals surface area contributed by atoms with Crippen molar-refractivity contribution in [2.75, 3.05) is 6.61 Å². The highest BCUT2D eigenvalue weighted by Gasteiger charge is 2.12. The van der Waals surface area contributed by atoms with Crippen molar-refractivity contribution in [1.29, 1.82) is 0 Å². The Kier molecular flexibility index (Phi) is 2.98. The van der Waals surface area contributed by atoms with E-state index in [1.54, 1.807) is 13.8 Å². The van der Waals surface area contributed by atoms with Crippen LogP contribution >= 0.6 is 0 Å². The molecule has 1 aromatic rings. The fourth-order valence-corrected chi connectivity index (χ4v) is 1.28. The maximum absolute atomic E-state index is 13.0. The molecular weight excluding hydrogens is 174 g/mol. The van der Waals surface area contributed by atoms with Gasteiger partial charge in [0.05, 0.1) is 0 Å². The predicted molar refractivity (Wildman–Crippen MR) is 46.6 cm³/mol. The normalized spacial score (nSPS) is 13.0. The maximum Gasteiger partial charge on any atom is 0.129 e. The summed E-state index contributed by atoms with van der Waals surface area (Å²) in [6.45, 7) is 3.20. The van der Waals surface area contributed by atoms with Crippen molar-refractivity contribution < 1.29 is 13.9 Å². The molecule has 0 fully saturated rings. The van der Waals surface area contributed by atoms with Gasteiger partial charge in [0.1, 0.15) is 11.6 Å². The molecule has 1 atom stereocenters. The molecule has 0 aliphatic rings. The molecule has 1 rings (SSSR count). The van der Waals surface area contributed by atoms with Gasteiger partial charge in [0.2, 0.25) is 0 Å². The number of aliphatic hydroxyl groups is 1. The summed E-state index contributed by atoms with van der Waals surface area (Å²) < 4.78 is 25.8. The van der Waals surface area contributed by atoms with Gasteiger partial charge in [-0.05, 0) is 24.1 Å². The lowest BCUT2D eigenvalue weighted by atomic mass is 9.97. The fourth-order valence-electron chi connectivity index (χ4n) is 1.28. The molecule has 13 heavy (non-hydrogen) atoms. The number of hydrogen-bond acceptors (Lipinski definition) is 1. The van der Waals surface area contributed by atoms with E-state index in [0.29, 0.717) is 11.1 Å². The van der Waals surface area contributed by atoms with Crippen molar-refractivity contribution in [2.45, 2.75) is 19.8 Å². The van der Waals surface area contributed by atoms with Gasteiger partial charge in [-0.15, -0.1) is 0 Å². The van der Waals surface area contributed by atoms with Gasteiger partial charge in [0.25, 0.3) is 0 Å². The van der Waals surface area contributed by atoms with E-state index in [9.17, 15) is 8.78 Å². The summed E-state index contributed by atoms with van der Waals surface area (Å²) in [5.74, 6) is -1.39. The van der Waals surface area contributed by atoms with Crippen LogP contribution in [0.1, 0.15) is 24.0 Å². The molecular formula is C10H12F2O. The molecule has 0 aliphatic heterocycles. The van der Waals surface area contributed by atoms with Crippen molar-refractivity contribution in [1.82, 2.24) is 0 Å². The topological polar surface area (TPSA) is 20.2 Å². The quantitative estimate of drug-likeness (QED) is 0.751. The molecule has 0 spiro atoms. The first kappa shape index (κ1) is 10.1. The third kappa shape index (κ3) is 2.04. The highest BCUT2D eigenvalue weighted by atomic mass is 19.1. The van der Waals surface area contributed by atoms with E-state index in [1.165, 1.54) is 6.07 Å². The third-order valence-electron chi connectivity index (χ3n) is 2.15. The first-order valence-electron chi connectivity index (χ1n) is 4.12. The van der Waals surface area contributed by atoms with E-state index >= 15 is 0 Å². The summed E-state index contributed by atoms with van der Waals surface area (Å²) >= 11 is 0. The van der Waals surface area contributed by atoms with Crippen LogP contribution in [0.2, 0.25) is 0 Å². The Balaban J connectivity index is 3.20. The van der Waals surface area contributed by atoms with Gasteiger partial charge in [-0.2, -0.15) is 0 Å². The van der Waals surface area contributed by atoms with Crippen molar-refractivity contribution in [3.05, 3.63) is 34.9 Å². The largest absolute Gasteiger partial charge is 0.396 e. The van der Waals surface area contributed by atoms with Crippen molar-refractivity contribution in [3.63, 3.8) is 0 Å². The van der Waals surface area contributed by atoms with E-state index in [4.69, 9.17) is 5.11 Å². The van der Waals surface area contributed by atoms with Gasteiger partial charge < -0.3 is 5.11 Å². The van der Waals surface area contributed by atoms with Crippen LogP contribution in [0.15, 0.2) is 12.1 Å². The second-order valence-corrected chi connectivity index (χ2v) is 3.19. The minimum Gasteiger partial charge on any atom is -0.396 e. The second kappa shape index (κ2) is 3.83.